The predicted octanol–water partition coefficient (Wildman–Crippen LogP) is 4.13. The molecular formula is C20H28IN3O2S. The third-order valence-electron chi connectivity index (χ3n) is 4.18. The van der Waals surface area contributed by atoms with E-state index in [0.29, 0.717) is 25.8 Å². The smallest absolute Gasteiger partial charge is 0.191 e. The molecule has 0 radical (unpaired) electrons. The van der Waals surface area contributed by atoms with Crippen LogP contribution in [-0.2, 0) is 13.0 Å². The first-order chi connectivity index (χ1) is 12.6. The van der Waals surface area contributed by atoms with Gasteiger partial charge in [0, 0.05) is 42.2 Å². The van der Waals surface area contributed by atoms with Crippen LogP contribution in [-0.4, -0.2) is 32.3 Å². The van der Waals surface area contributed by atoms with Crippen LogP contribution in [0.1, 0.15) is 28.7 Å². The fourth-order valence-corrected chi connectivity index (χ4v) is 3.90. The summed E-state index contributed by atoms with van der Waals surface area (Å²) in [4.78, 5) is 7.08. The van der Waals surface area contributed by atoms with Gasteiger partial charge >= 0.3 is 0 Å². The molecule has 148 valence electrons. The molecule has 3 rings (SSSR count). The van der Waals surface area contributed by atoms with Crippen molar-refractivity contribution in [3.05, 3.63) is 45.6 Å². The van der Waals surface area contributed by atoms with E-state index < -0.39 is 0 Å². The zero-order valence-electron chi connectivity index (χ0n) is 16.1. The number of rotatable bonds is 5. The molecule has 0 aliphatic carbocycles. The highest BCUT2D eigenvalue weighted by atomic mass is 127. The molecule has 2 aromatic rings. The summed E-state index contributed by atoms with van der Waals surface area (Å²) in [6.45, 7) is 6.41. The number of aliphatic imine (C=N–C) groups is 1. The first-order valence-corrected chi connectivity index (χ1v) is 9.86. The number of hydrogen-bond acceptors (Lipinski definition) is 4. The number of ether oxygens (including phenoxy) is 2. The Kier molecular flexibility index (Phi) is 8.69. The molecule has 27 heavy (non-hydrogen) atoms. The van der Waals surface area contributed by atoms with Crippen LogP contribution in [0, 0.1) is 6.92 Å². The molecule has 0 bridgehead atoms. The molecule has 2 N–H and O–H groups in total. The fourth-order valence-electron chi connectivity index (χ4n) is 2.88. The van der Waals surface area contributed by atoms with Gasteiger partial charge in [-0.05, 0) is 43.7 Å². The van der Waals surface area contributed by atoms with Gasteiger partial charge in [0.1, 0.15) is 0 Å². The van der Waals surface area contributed by atoms with Crippen molar-refractivity contribution in [1.82, 2.24) is 10.6 Å². The van der Waals surface area contributed by atoms with Crippen LogP contribution in [0.25, 0.3) is 0 Å². The molecule has 0 saturated heterocycles. The van der Waals surface area contributed by atoms with Gasteiger partial charge < -0.3 is 20.1 Å². The van der Waals surface area contributed by atoms with E-state index in [0.717, 1.165) is 35.9 Å². The highest BCUT2D eigenvalue weighted by Gasteiger charge is 2.11. The zero-order chi connectivity index (χ0) is 18.4. The van der Waals surface area contributed by atoms with E-state index in [2.05, 4.69) is 47.7 Å². The Morgan fingerprint density at radius 2 is 1.96 bits per heavy atom. The number of nitrogens with zero attached hydrogens (tertiary/aromatic N) is 1. The Morgan fingerprint density at radius 1 is 1.19 bits per heavy atom. The average molecular weight is 501 g/mol. The van der Waals surface area contributed by atoms with E-state index in [4.69, 9.17) is 9.47 Å². The molecule has 2 heterocycles. The molecule has 1 aromatic heterocycles. The quantitative estimate of drug-likeness (QED) is 0.368. The summed E-state index contributed by atoms with van der Waals surface area (Å²) >= 11 is 1.85. The van der Waals surface area contributed by atoms with Crippen molar-refractivity contribution in [2.24, 2.45) is 4.99 Å². The van der Waals surface area contributed by atoms with Crippen LogP contribution >= 0.6 is 35.3 Å². The molecule has 0 fully saturated rings. The van der Waals surface area contributed by atoms with Gasteiger partial charge in [-0.15, -0.1) is 35.3 Å². The summed E-state index contributed by atoms with van der Waals surface area (Å²) in [7, 11) is 1.80. The molecule has 1 aromatic carbocycles. The van der Waals surface area contributed by atoms with Crippen molar-refractivity contribution in [2.75, 3.05) is 20.3 Å². The van der Waals surface area contributed by atoms with Gasteiger partial charge in [0.2, 0.25) is 0 Å². The number of halogens is 1. The van der Waals surface area contributed by atoms with Gasteiger partial charge in [0.05, 0.1) is 13.2 Å². The number of fused-ring (bicyclic) bond motifs is 1. The van der Waals surface area contributed by atoms with Gasteiger partial charge in [-0.25, -0.2) is 0 Å². The second-order valence-corrected chi connectivity index (χ2v) is 7.89. The molecule has 1 aliphatic rings. The SMILES string of the molecule is CN=C(NCc1ccc2c(c1)OCCCO2)NC(C)Cc1ccc(C)s1.I. The molecule has 1 aliphatic heterocycles. The van der Waals surface area contributed by atoms with Crippen molar-refractivity contribution in [1.29, 1.82) is 0 Å². The lowest BCUT2D eigenvalue weighted by molar-refractivity contribution is 0.297. The van der Waals surface area contributed by atoms with Crippen LogP contribution in [0.2, 0.25) is 0 Å². The minimum absolute atomic E-state index is 0. The second-order valence-electron chi connectivity index (χ2n) is 6.52. The normalized spacial score (nSPS) is 14.7. The van der Waals surface area contributed by atoms with Crippen molar-refractivity contribution < 1.29 is 9.47 Å². The number of benzene rings is 1. The Bertz CT molecular complexity index is 763. The molecule has 7 heteroatoms. The monoisotopic (exact) mass is 501 g/mol. The first kappa shape index (κ1) is 21.8. The zero-order valence-corrected chi connectivity index (χ0v) is 19.2. The molecule has 0 saturated carbocycles. The highest BCUT2D eigenvalue weighted by molar-refractivity contribution is 14.0. The standard InChI is InChI=1S/C20H27N3O2S.HI/c1-14(11-17-7-5-15(2)26-17)23-20(21-3)22-13-16-6-8-18-19(12-16)25-10-4-9-24-18;/h5-8,12,14H,4,9-11,13H2,1-3H3,(H2,21,22,23);1H. The summed E-state index contributed by atoms with van der Waals surface area (Å²) in [5, 5.41) is 6.83. The number of hydrogen-bond donors (Lipinski definition) is 2. The average Bonchev–Trinajstić information content (AvgIpc) is 2.90. The topological polar surface area (TPSA) is 54.9 Å². The first-order valence-electron chi connectivity index (χ1n) is 9.05. The van der Waals surface area contributed by atoms with Gasteiger partial charge in [-0.2, -0.15) is 0 Å². The van der Waals surface area contributed by atoms with Crippen LogP contribution in [0.5, 0.6) is 11.5 Å². The Balaban J connectivity index is 0.00000261. The highest BCUT2D eigenvalue weighted by Crippen LogP contribution is 2.30. The van der Waals surface area contributed by atoms with Crippen LogP contribution in [0.3, 0.4) is 0 Å². The summed E-state index contributed by atoms with van der Waals surface area (Å²) in [6, 6.07) is 10.8. The molecular weight excluding hydrogens is 473 g/mol. The predicted molar refractivity (Wildman–Crippen MR) is 123 cm³/mol. The number of guanidine groups is 1. The van der Waals surface area contributed by atoms with Crippen molar-refractivity contribution >= 4 is 41.3 Å². The van der Waals surface area contributed by atoms with Crippen LogP contribution < -0.4 is 20.1 Å². The van der Waals surface area contributed by atoms with Gasteiger partial charge in [-0.3, -0.25) is 4.99 Å². The Hall–Kier alpha value is -1.48. The summed E-state index contributed by atoms with van der Waals surface area (Å²) in [6.07, 6.45) is 1.91. The summed E-state index contributed by atoms with van der Waals surface area (Å²) < 4.78 is 11.4. The largest absolute Gasteiger partial charge is 0.490 e. The number of thiophene rings is 1. The minimum atomic E-state index is 0. The molecule has 1 atom stereocenters. The van der Waals surface area contributed by atoms with Crippen LogP contribution in [0.15, 0.2) is 35.3 Å². The summed E-state index contributed by atoms with van der Waals surface area (Å²) in [5.74, 6) is 2.46. The van der Waals surface area contributed by atoms with Gasteiger partial charge in [0.15, 0.2) is 17.5 Å². The fraction of sp³-hybridized carbons (Fsp3) is 0.450. The maximum Gasteiger partial charge on any atom is 0.191 e. The van der Waals surface area contributed by atoms with E-state index in [9.17, 15) is 0 Å². The lowest BCUT2D eigenvalue weighted by atomic mass is 10.2. The lowest BCUT2D eigenvalue weighted by Crippen LogP contribution is -2.42. The van der Waals surface area contributed by atoms with Gasteiger partial charge in [-0.1, -0.05) is 6.07 Å². The van der Waals surface area contributed by atoms with Crippen LogP contribution in [0.4, 0.5) is 0 Å². The van der Waals surface area contributed by atoms with Crippen molar-refractivity contribution in [2.45, 2.75) is 39.3 Å². The van der Waals surface area contributed by atoms with Gasteiger partial charge in [0.25, 0.3) is 0 Å². The Labute approximate surface area is 182 Å². The molecule has 0 spiro atoms. The van der Waals surface area contributed by atoms with Crippen molar-refractivity contribution in [3.63, 3.8) is 0 Å². The number of aryl methyl sites for hydroxylation is 1. The van der Waals surface area contributed by atoms with E-state index in [1.807, 2.05) is 23.5 Å². The molecule has 5 nitrogen and oxygen atoms in total. The van der Waals surface area contributed by atoms with E-state index in [1.54, 1.807) is 7.05 Å². The maximum absolute atomic E-state index is 5.76. The molecule has 1 unspecified atom stereocenters. The van der Waals surface area contributed by atoms with Crippen molar-refractivity contribution in [3.8, 4) is 11.5 Å². The maximum atomic E-state index is 5.76. The van der Waals surface area contributed by atoms with E-state index in [1.165, 1.54) is 9.75 Å². The number of nitrogens with one attached hydrogen (secondary N) is 2. The molecule has 0 amide bonds. The second kappa shape index (κ2) is 10.8. The third kappa shape index (κ3) is 6.57. The minimum Gasteiger partial charge on any atom is -0.490 e. The Morgan fingerprint density at radius 3 is 2.67 bits per heavy atom. The van der Waals surface area contributed by atoms with E-state index >= 15 is 0 Å². The third-order valence-corrected chi connectivity index (χ3v) is 5.20. The summed E-state index contributed by atoms with van der Waals surface area (Å²) in [5.41, 5.74) is 1.14. The van der Waals surface area contributed by atoms with E-state index in [-0.39, 0.29) is 24.0 Å². The lowest BCUT2D eigenvalue weighted by Gasteiger charge is -2.18.